The molecule has 2 aromatic carbocycles. The summed E-state index contributed by atoms with van der Waals surface area (Å²) in [5, 5.41) is 0. The molecule has 0 fully saturated rings. The molecule has 0 aliphatic carbocycles. The number of allylic oxidation sites excluding steroid dienone is 2. The Kier molecular flexibility index (Phi) is 4.95. The molecule has 0 aliphatic heterocycles. The van der Waals surface area contributed by atoms with E-state index in [0.29, 0.717) is 6.42 Å². The van der Waals surface area contributed by atoms with Gasteiger partial charge in [-0.1, -0.05) is 66.7 Å². The van der Waals surface area contributed by atoms with Gasteiger partial charge in [-0.05, 0) is 29.7 Å². The Balaban J connectivity index is 1.64. The van der Waals surface area contributed by atoms with E-state index in [1.54, 1.807) is 12.3 Å². The summed E-state index contributed by atoms with van der Waals surface area (Å²) in [7, 11) is 0. The first-order valence-corrected chi connectivity index (χ1v) is 7.70. The molecule has 0 saturated carbocycles. The summed E-state index contributed by atoms with van der Waals surface area (Å²) in [6.45, 7) is 0. The van der Waals surface area contributed by atoms with Crippen LogP contribution in [0, 0.1) is 0 Å². The van der Waals surface area contributed by atoms with Crippen molar-refractivity contribution in [3.63, 3.8) is 0 Å². The zero-order valence-corrected chi connectivity index (χ0v) is 12.8. The lowest BCUT2D eigenvalue weighted by atomic mass is 10.1. The SMILES string of the molecule is FC(=CCc1ccccc1)Cc1ccc(-c2ccccc2)cn1. The van der Waals surface area contributed by atoms with Gasteiger partial charge in [0.05, 0.1) is 0 Å². The van der Waals surface area contributed by atoms with Crippen molar-refractivity contribution < 1.29 is 4.39 Å². The van der Waals surface area contributed by atoms with Gasteiger partial charge < -0.3 is 0 Å². The molecule has 114 valence electrons. The highest BCUT2D eigenvalue weighted by Gasteiger charge is 2.02. The maximum Gasteiger partial charge on any atom is 0.102 e. The lowest BCUT2D eigenvalue weighted by Crippen LogP contribution is -1.92. The third kappa shape index (κ3) is 4.36. The number of rotatable bonds is 5. The predicted octanol–water partition coefficient (Wildman–Crippen LogP) is 5.39. The van der Waals surface area contributed by atoms with Gasteiger partial charge in [0.1, 0.15) is 5.83 Å². The number of nitrogens with zero attached hydrogens (tertiary/aromatic N) is 1. The minimum Gasteiger partial charge on any atom is -0.260 e. The second-order valence-corrected chi connectivity index (χ2v) is 5.42. The van der Waals surface area contributed by atoms with Gasteiger partial charge in [-0.25, -0.2) is 4.39 Å². The highest BCUT2D eigenvalue weighted by atomic mass is 19.1. The van der Waals surface area contributed by atoms with E-state index >= 15 is 0 Å². The summed E-state index contributed by atoms with van der Waals surface area (Å²) in [5.41, 5.74) is 4.01. The minimum atomic E-state index is -0.145. The van der Waals surface area contributed by atoms with E-state index in [-0.39, 0.29) is 12.2 Å². The summed E-state index contributed by atoms with van der Waals surface area (Å²) >= 11 is 0. The average Bonchev–Trinajstić information content (AvgIpc) is 2.62. The Morgan fingerprint density at radius 3 is 2.17 bits per heavy atom. The third-order valence-corrected chi connectivity index (χ3v) is 3.68. The van der Waals surface area contributed by atoms with Crippen LogP contribution in [-0.4, -0.2) is 4.98 Å². The van der Waals surface area contributed by atoms with E-state index in [4.69, 9.17) is 0 Å². The van der Waals surface area contributed by atoms with Gasteiger partial charge in [-0.15, -0.1) is 0 Å². The number of benzene rings is 2. The molecule has 2 heteroatoms. The molecule has 0 atom stereocenters. The molecule has 0 unspecified atom stereocenters. The van der Waals surface area contributed by atoms with Crippen molar-refractivity contribution in [3.8, 4) is 11.1 Å². The molecule has 1 aromatic heterocycles. The summed E-state index contributed by atoms with van der Waals surface area (Å²) in [4.78, 5) is 4.37. The molecule has 23 heavy (non-hydrogen) atoms. The van der Waals surface area contributed by atoms with Crippen LogP contribution in [0.4, 0.5) is 4.39 Å². The molecule has 0 amide bonds. The number of halogens is 1. The van der Waals surface area contributed by atoms with Gasteiger partial charge >= 0.3 is 0 Å². The van der Waals surface area contributed by atoms with Crippen molar-refractivity contribution >= 4 is 0 Å². The van der Waals surface area contributed by atoms with E-state index in [1.165, 1.54) is 0 Å². The van der Waals surface area contributed by atoms with Crippen molar-refractivity contribution in [2.75, 3.05) is 0 Å². The van der Waals surface area contributed by atoms with E-state index in [1.807, 2.05) is 72.8 Å². The summed E-state index contributed by atoms with van der Waals surface area (Å²) in [6, 6.07) is 23.8. The highest BCUT2D eigenvalue weighted by molar-refractivity contribution is 5.62. The van der Waals surface area contributed by atoms with E-state index in [2.05, 4.69) is 4.98 Å². The van der Waals surface area contributed by atoms with Crippen LogP contribution < -0.4 is 0 Å². The van der Waals surface area contributed by atoms with Crippen LogP contribution in [-0.2, 0) is 12.8 Å². The van der Waals surface area contributed by atoms with E-state index < -0.39 is 0 Å². The zero-order chi connectivity index (χ0) is 15.9. The molecule has 0 saturated heterocycles. The Morgan fingerprint density at radius 2 is 1.52 bits per heavy atom. The topological polar surface area (TPSA) is 12.9 Å². The first-order chi connectivity index (χ1) is 11.3. The largest absolute Gasteiger partial charge is 0.260 e. The van der Waals surface area contributed by atoms with Crippen molar-refractivity contribution in [1.29, 1.82) is 0 Å². The maximum absolute atomic E-state index is 14.0. The fourth-order valence-electron chi connectivity index (χ4n) is 2.42. The molecule has 0 spiro atoms. The van der Waals surface area contributed by atoms with Crippen LogP contribution in [0.2, 0.25) is 0 Å². The number of aromatic nitrogens is 1. The maximum atomic E-state index is 14.0. The van der Waals surface area contributed by atoms with Gasteiger partial charge in [0.25, 0.3) is 0 Å². The molecule has 3 rings (SSSR count). The van der Waals surface area contributed by atoms with Crippen LogP contribution in [0.1, 0.15) is 11.3 Å². The predicted molar refractivity (Wildman–Crippen MR) is 92.7 cm³/mol. The molecule has 3 aromatic rings. The standard InChI is InChI=1S/C21H18FN/c22-20(13-11-17-7-3-1-4-8-17)15-21-14-12-19(16-23-21)18-9-5-2-6-10-18/h1-10,12-14,16H,11,15H2. The van der Waals surface area contributed by atoms with Gasteiger partial charge in [0, 0.05) is 23.9 Å². The second kappa shape index (κ2) is 7.50. The number of hydrogen-bond donors (Lipinski definition) is 0. The first-order valence-electron chi connectivity index (χ1n) is 7.70. The van der Waals surface area contributed by atoms with Gasteiger partial charge in [-0.2, -0.15) is 0 Å². The first kappa shape index (κ1) is 15.2. The van der Waals surface area contributed by atoms with Crippen LogP contribution in [0.5, 0.6) is 0 Å². The summed E-state index contributed by atoms with van der Waals surface area (Å²) < 4.78 is 14.0. The molecule has 0 N–H and O–H groups in total. The smallest absolute Gasteiger partial charge is 0.102 e. The fourth-order valence-corrected chi connectivity index (χ4v) is 2.42. The highest BCUT2D eigenvalue weighted by Crippen LogP contribution is 2.18. The number of pyridine rings is 1. The molecule has 1 heterocycles. The molecule has 0 bridgehead atoms. The van der Waals surface area contributed by atoms with Crippen molar-refractivity contribution in [2.24, 2.45) is 0 Å². The van der Waals surface area contributed by atoms with Gasteiger partial charge in [-0.3, -0.25) is 4.98 Å². The summed E-state index contributed by atoms with van der Waals surface area (Å²) in [6.07, 6.45) is 4.27. The van der Waals surface area contributed by atoms with Crippen LogP contribution in [0.25, 0.3) is 11.1 Å². The Morgan fingerprint density at radius 1 is 0.826 bits per heavy atom. The molecule has 0 aliphatic rings. The lowest BCUT2D eigenvalue weighted by molar-refractivity contribution is 0.603. The normalized spacial score (nSPS) is 11.4. The monoisotopic (exact) mass is 303 g/mol. The van der Waals surface area contributed by atoms with Crippen LogP contribution in [0.3, 0.4) is 0 Å². The molecule has 0 radical (unpaired) electrons. The number of hydrogen-bond acceptors (Lipinski definition) is 1. The molecular weight excluding hydrogens is 285 g/mol. The Hall–Kier alpha value is -2.74. The third-order valence-electron chi connectivity index (χ3n) is 3.68. The van der Waals surface area contributed by atoms with Gasteiger partial charge in [0.2, 0.25) is 0 Å². The van der Waals surface area contributed by atoms with Crippen molar-refractivity contribution in [2.45, 2.75) is 12.8 Å². The molecular formula is C21H18FN. The van der Waals surface area contributed by atoms with E-state index in [9.17, 15) is 4.39 Å². The lowest BCUT2D eigenvalue weighted by Gasteiger charge is -2.03. The van der Waals surface area contributed by atoms with E-state index in [0.717, 1.165) is 22.4 Å². The fraction of sp³-hybridized carbons (Fsp3) is 0.0952. The minimum absolute atomic E-state index is 0.145. The second-order valence-electron chi connectivity index (χ2n) is 5.42. The van der Waals surface area contributed by atoms with Crippen LogP contribution >= 0.6 is 0 Å². The van der Waals surface area contributed by atoms with Crippen molar-refractivity contribution in [1.82, 2.24) is 4.98 Å². The quantitative estimate of drug-likeness (QED) is 0.616. The van der Waals surface area contributed by atoms with Crippen LogP contribution in [0.15, 0.2) is 90.9 Å². The summed E-state index contributed by atoms with van der Waals surface area (Å²) in [5.74, 6) is -0.145. The Bertz CT molecular complexity index is 762. The zero-order valence-electron chi connectivity index (χ0n) is 12.8. The van der Waals surface area contributed by atoms with Gasteiger partial charge in [0.15, 0.2) is 0 Å². The average molecular weight is 303 g/mol. The molecule has 1 nitrogen and oxygen atoms in total. The van der Waals surface area contributed by atoms with Crippen molar-refractivity contribution in [3.05, 3.63) is 102 Å². The Labute approximate surface area is 136 Å².